The van der Waals surface area contributed by atoms with E-state index >= 15 is 0 Å². The van der Waals surface area contributed by atoms with Gasteiger partial charge < -0.3 is 5.11 Å². The fraction of sp³-hybridized carbons (Fsp3) is 0.639. The molecule has 3 atom stereocenters. The first kappa shape index (κ1) is 36.5. The van der Waals surface area contributed by atoms with Gasteiger partial charge in [0.1, 0.15) is 5.78 Å². The number of nitrogens with zero attached hydrogens (tertiary/aromatic N) is 1. The Morgan fingerprint density at radius 2 is 1.72 bits per heavy atom. The smallest absolute Gasteiger partial charge is 0.417 e. The van der Waals surface area contributed by atoms with Crippen LogP contribution in [0.15, 0.2) is 36.5 Å². The number of aromatic carboxylic acids is 1. The zero-order valence-corrected chi connectivity index (χ0v) is 27.0. The molecule has 2 aliphatic carbocycles. The maximum absolute atomic E-state index is 12.4. The van der Waals surface area contributed by atoms with E-state index in [9.17, 15) is 22.8 Å². The van der Waals surface area contributed by atoms with Crippen molar-refractivity contribution in [3.63, 3.8) is 0 Å². The number of halogens is 3. The van der Waals surface area contributed by atoms with Gasteiger partial charge in [0.2, 0.25) is 0 Å². The van der Waals surface area contributed by atoms with Crippen molar-refractivity contribution in [3.05, 3.63) is 64.5 Å². The number of hydrogen-bond acceptors (Lipinski definition) is 3. The van der Waals surface area contributed by atoms with E-state index < -0.39 is 17.7 Å². The number of carboxylic acid groups (broad SMARTS) is 1. The van der Waals surface area contributed by atoms with Crippen LogP contribution in [-0.2, 0) is 23.8 Å². The SMILES string of the molecule is CC(=O)C12CCCC1CC(C)C2.CCCC(CCC)c1ccccc1C(=O)O.CCCc1ncc(C(F)(F)F)cc1CC. The Morgan fingerprint density at radius 1 is 1.07 bits per heavy atom. The normalized spacial score (nSPS) is 21.0. The molecular formula is C36H52F3NO3. The van der Waals surface area contributed by atoms with Crippen LogP contribution in [0, 0.1) is 17.3 Å². The van der Waals surface area contributed by atoms with Gasteiger partial charge >= 0.3 is 12.1 Å². The highest BCUT2D eigenvalue weighted by molar-refractivity contribution is 5.89. The Balaban J connectivity index is 0.000000227. The maximum atomic E-state index is 12.4. The number of ketones is 1. The maximum Gasteiger partial charge on any atom is 0.417 e. The van der Waals surface area contributed by atoms with Crippen LogP contribution in [0.25, 0.3) is 0 Å². The molecule has 240 valence electrons. The summed E-state index contributed by atoms with van der Waals surface area (Å²) in [6, 6.07) is 8.59. The lowest BCUT2D eigenvalue weighted by Gasteiger charge is -2.25. The molecule has 2 aromatic rings. The van der Waals surface area contributed by atoms with Crippen molar-refractivity contribution in [1.29, 1.82) is 0 Å². The number of carboxylic acids is 1. The van der Waals surface area contributed by atoms with Crippen molar-refractivity contribution in [2.24, 2.45) is 17.3 Å². The molecule has 0 radical (unpaired) electrons. The Labute approximate surface area is 256 Å². The fourth-order valence-electron chi connectivity index (χ4n) is 7.22. The minimum absolute atomic E-state index is 0.138. The molecule has 1 aromatic carbocycles. The molecule has 1 heterocycles. The average molecular weight is 604 g/mol. The first-order valence-electron chi connectivity index (χ1n) is 16.2. The first-order valence-corrected chi connectivity index (χ1v) is 16.2. The highest BCUT2D eigenvalue weighted by Crippen LogP contribution is 2.56. The lowest BCUT2D eigenvalue weighted by Crippen LogP contribution is -2.28. The number of fused-ring (bicyclic) bond motifs is 1. The summed E-state index contributed by atoms with van der Waals surface area (Å²) in [4.78, 5) is 26.6. The van der Waals surface area contributed by atoms with Crippen LogP contribution < -0.4 is 0 Å². The van der Waals surface area contributed by atoms with Gasteiger partial charge in [0.25, 0.3) is 0 Å². The summed E-state index contributed by atoms with van der Waals surface area (Å²) in [5.74, 6) is 1.58. The number of benzene rings is 1. The Hall–Kier alpha value is -2.70. The van der Waals surface area contributed by atoms with Crippen molar-refractivity contribution < 1.29 is 27.9 Å². The minimum Gasteiger partial charge on any atom is -0.478 e. The topological polar surface area (TPSA) is 67.3 Å². The quantitative estimate of drug-likeness (QED) is 0.293. The third kappa shape index (κ3) is 9.90. The number of pyridine rings is 1. The van der Waals surface area contributed by atoms with Gasteiger partial charge in [0.05, 0.1) is 11.1 Å². The monoisotopic (exact) mass is 603 g/mol. The van der Waals surface area contributed by atoms with Crippen molar-refractivity contribution in [2.75, 3.05) is 0 Å². The minimum atomic E-state index is -4.29. The molecule has 4 rings (SSSR count). The van der Waals surface area contributed by atoms with Crippen molar-refractivity contribution in [1.82, 2.24) is 4.98 Å². The third-order valence-corrected chi connectivity index (χ3v) is 9.22. The van der Waals surface area contributed by atoms with Crippen LogP contribution in [0.5, 0.6) is 0 Å². The van der Waals surface area contributed by atoms with Gasteiger partial charge in [-0.15, -0.1) is 0 Å². The summed E-state index contributed by atoms with van der Waals surface area (Å²) in [6.45, 7) is 12.2. The molecule has 2 aliphatic rings. The predicted molar refractivity (Wildman–Crippen MR) is 167 cm³/mol. The molecule has 4 nitrogen and oxygen atoms in total. The molecule has 0 amide bonds. The van der Waals surface area contributed by atoms with E-state index in [0.717, 1.165) is 67.8 Å². The van der Waals surface area contributed by atoms with Crippen LogP contribution in [0.4, 0.5) is 13.2 Å². The molecular weight excluding hydrogens is 551 g/mol. The van der Waals surface area contributed by atoms with E-state index in [-0.39, 0.29) is 5.41 Å². The standard InChI is InChI=1S/C14H20O2.C11H14F3N.C11H18O/c1-3-7-11(8-4-2)12-9-5-6-10-13(12)14(15)16;1-3-5-10-8(4-2)6-9(7-15-10)11(12,13)14;1-8-6-10-4-3-5-11(10,7-8)9(2)12/h5-6,9-11H,3-4,7-8H2,1-2H3,(H,15,16);6-7H,3-5H2,1-2H3;8,10H,3-7H2,1-2H3. The summed E-state index contributed by atoms with van der Waals surface area (Å²) in [5, 5.41) is 9.15. The highest BCUT2D eigenvalue weighted by Gasteiger charge is 2.51. The third-order valence-electron chi connectivity index (χ3n) is 9.22. The van der Waals surface area contributed by atoms with Crippen molar-refractivity contribution in [3.8, 4) is 0 Å². The zero-order valence-electron chi connectivity index (χ0n) is 27.0. The van der Waals surface area contributed by atoms with Crippen molar-refractivity contribution in [2.45, 2.75) is 131 Å². The van der Waals surface area contributed by atoms with Gasteiger partial charge in [-0.3, -0.25) is 9.78 Å². The Bertz CT molecular complexity index is 1170. The highest BCUT2D eigenvalue weighted by atomic mass is 19.4. The largest absolute Gasteiger partial charge is 0.478 e. The van der Waals surface area contributed by atoms with E-state index in [1.54, 1.807) is 19.1 Å². The number of aryl methyl sites for hydroxylation is 2. The fourth-order valence-corrected chi connectivity index (χ4v) is 7.22. The molecule has 0 bridgehead atoms. The summed E-state index contributed by atoms with van der Waals surface area (Å²) >= 11 is 0. The van der Waals surface area contributed by atoms with Crippen LogP contribution in [0.3, 0.4) is 0 Å². The molecule has 3 unspecified atom stereocenters. The summed E-state index contributed by atoms with van der Waals surface area (Å²) in [7, 11) is 0. The number of Topliss-reactive ketones (excluding diaryl/α,β-unsaturated/α-hetero) is 1. The molecule has 1 aromatic heterocycles. The second-order valence-corrected chi connectivity index (χ2v) is 12.4. The van der Waals surface area contributed by atoms with Crippen LogP contribution in [-0.4, -0.2) is 21.8 Å². The number of hydrogen-bond donors (Lipinski definition) is 1. The van der Waals surface area contributed by atoms with Gasteiger partial charge in [0.15, 0.2) is 0 Å². The molecule has 2 saturated carbocycles. The first-order chi connectivity index (χ1) is 20.3. The van der Waals surface area contributed by atoms with Crippen LogP contribution in [0.1, 0.15) is 144 Å². The summed E-state index contributed by atoms with van der Waals surface area (Å²) in [6.07, 6.45) is 9.43. The number of carbonyl (C=O) groups is 2. The molecule has 2 fully saturated rings. The van der Waals surface area contributed by atoms with E-state index in [1.165, 1.54) is 38.2 Å². The van der Waals surface area contributed by atoms with Gasteiger partial charge in [-0.2, -0.15) is 13.2 Å². The Morgan fingerprint density at radius 3 is 2.23 bits per heavy atom. The van der Waals surface area contributed by atoms with E-state index in [1.807, 2.05) is 26.0 Å². The van der Waals surface area contributed by atoms with Gasteiger partial charge in [0, 0.05) is 17.3 Å². The van der Waals surface area contributed by atoms with Gasteiger partial charge in [-0.05, 0) is 99.3 Å². The van der Waals surface area contributed by atoms with E-state index in [4.69, 9.17) is 5.11 Å². The lowest BCUT2D eigenvalue weighted by atomic mass is 9.77. The summed E-state index contributed by atoms with van der Waals surface area (Å²) in [5.41, 5.74) is 2.44. The van der Waals surface area contributed by atoms with Crippen molar-refractivity contribution >= 4 is 11.8 Å². The molecule has 0 saturated heterocycles. The van der Waals surface area contributed by atoms with Gasteiger partial charge in [-0.1, -0.05) is 78.5 Å². The zero-order chi connectivity index (χ0) is 32.2. The number of alkyl halides is 3. The molecule has 1 N–H and O–H groups in total. The number of carbonyl (C=O) groups excluding carboxylic acids is 1. The predicted octanol–water partition coefficient (Wildman–Crippen LogP) is 10.5. The van der Waals surface area contributed by atoms with Gasteiger partial charge in [-0.25, -0.2) is 4.79 Å². The van der Waals surface area contributed by atoms with E-state index in [0.29, 0.717) is 29.2 Å². The summed E-state index contributed by atoms with van der Waals surface area (Å²) < 4.78 is 37.1. The van der Waals surface area contributed by atoms with Crippen LogP contribution in [0.2, 0.25) is 0 Å². The second kappa shape index (κ2) is 17.0. The molecule has 0 aliphatic heterocycles. The Kier molecular flexibility index (Phi) is 14.4. The van der Waals surface area contributed by atoms with E-state index in [2.05, 4.69) is 25.8 Å². The number of aromatic nitrogens is 1. The molecule has 43 heavy (non-hydrogen) atoms. The lowest BCUT2D eigenvalue weighted by molar-refractivity contribution is -0.138. The second-order valence-electron chi connectivity index (χ2n) is 12.4. The molecule has 0 spiro atoms. The average Bonchev–Trinajstić information content (AvgIpc) is 3.51. The molecule has 7 heteroatoms. The van der Waals surface area contributed by atoms with Crippen LogP contribution >= 0.6 is 0 Å². The number of rotatable bonds is 10.